The van der Waals surface area contributed by atoms with Gasteiger partial charge in [0.2, 0.25) is 0 Å². The lowest BCUT2D eigenvalue weighted by atomic mass is 10.1. The lowest BCUT2D eigenvalue weighted by Gasteiger charge is -2.29. The number of ether oxygens (including phenoxy) is 1. The number of alkyl halides is 3. The minimum absolute atomic E-state index is 0.0514. The zero-order valence-corrected chi connectivity index (χ0v) is 23.4. The monoisotopic (exact) mass is 618 g/mol. The first-order valence-electron chi connectivity index (χ1n) is 12.7. The molecule has 1 aliphatic heterocycles. The summed E-state index contributed by atoms with van der Waals surface area (Å²) in [7, 11) is 0. The number of carbonyl (C=O) groups is 2. The Morgan fingerprint density at radius 3 is 2.30 bits per heavy atom. The number of hydrogen-bond acceptors (Lipinski definition) is 5. The molecule has 214 valence electrons. The summed E-state index contributed by atoms with van der Waals surface area (Å²) in [5.74, 6) is -0.126. The van der Waals surface area contributed by atoms with Crippen LogP contribution in [0.5, 0.6) is 11.5 Å². The zero-order valence-electron chi connectivity index (χ0n) is 21.8. The van der Waals surface area contributed by atoms with Crippen LogP contribution in [0.1, 0.15) is 11.1 Å². The van der Waals surface area contributed by atoms with E-state index < -0.39 is 23.6 Å². The SMILES string of the molecule is O=C1NC(=S)N(c2ccc(Oc3ccccc3)cc2)C(=O)C1=Cc1cn(-c2ncc(C(F)(F)F)cc2Cl)c2ccccc12. The van der Waals surface area contributed by atoms with Gasteiger partial charge in [0.1, 0.15) is 17.1 Å². The van der Waals surface area contributed by atoms with Gasteiger partial charge in [-0.2, -0.15) is 13.2 Å². The maximum atomic E-state index is 13.7. The lowest BCUT2D eigenvalue weighted by Crippen LogP contribution is -2.54. The predicted octanol–water partition coefficient (Wildman–Crippen LogP) is 7.32. The average Bonchev–Trinajstić information content (AvgIpc) is 3.34. The topological polar surface area (TPSA) is 76.5 Å². The highest BCUT2D eigenvalue weighted by Gasteiger charge is 2.35. The number of para-hydroxylation sites is 2. The maximum Gasteiger partial charge on any atom is 0.417 e. The van der Waals surface area contributed by atoms with Crippen LogP contribution in [-0.2, 0) is 15.8 Å². The summed E-state index contributed by atoms with van der Waals surface area (Å²) >= 11 is 11.6. The summed E-state index contributed by atoms with van der Waals surface area (Å²) in [6.45, 7) is 0. The van der Waals surface area contributed by atoms with Crippen molar-refractivity contribution >= 4 is 63.4 Å². The molecule has 0 aliphatic carbocycles. The summed E-state index contributed by atoms with van der Waals surface area (Å²) in [4.78, 5) is 31.8. The molecular formula is C31H18ClF3N4O3S. The van der Waals surface area contributed by atoms with Crippen molar-refractivity contribution < 1.29 is 27.5 Å². The molecule has 3 heterocycles. The number of halogens is 4. The Morgan fingerprint density at radius 1 is 0.930 bits per heavy atom. The third-order valence-electron chi connectivity index (χ3n) is 6.60. The molecule has 0 saturated carbocycles. The number of anilines is 1. The number of amides is 2. The molecule has 7 nitrogen and oxygen atoms in total. The van der Waals surface area contributed by atoms with E-state index in [0.29, 0.717) is 39.8 Å². The lowest BCUT2D eigenvalue weighted by molar-refractivity contribution is -0.137. The first-order valence-corrected chi connectivity index (χ1v) is 13.5. The molecule has 12 heteroatoms. The van der Waals surface area contributed by atoms with E-state index in [-0.39, 0.29) is 21.5 Å². The minimum atomic E-state index is -4.61. The molecule has 1 saturated heterocycles. The molecule has 6 rings (SSSR count). The van der Waals surface area contributed by atoms with Gasteiger partial charge in [0.25, 0.3) is 11.8 Å². The van der Waals surface area contributed by atoms with Crippen LogP contribution < -0.4 is 15.0 Å². The average molecular weight is 619 g/mol. The van der Waals surface area contributed by atoms with Gasteiger partial charge in [-0.25, -0.2) is 4.98 Å². The van der Waals surface area contributed by atoms with Crippen LogP contribution in [-0.4, -0.2) is 26.5 Å². The van der Waals surface area contributed by atoms with Gasteiger partial charge in [0.05, 0.1) is 21.8 Å². The molecule has 3 aromatic carbocycles. The first kappa shape index (κ1) is 28.1. The molecule has 2 amide bonds. The van der Waals surface area contributed by atoms with Gasteiger partial charge in [-0.15, -0.1) is 0 Å². The number of pyridine rings is 1. The van der Waals surface area contributed by atoms with Gasteiger partial charge in [-0.05, 0) is 66.8 Å². The van der Waals surface area contributed by atoms with Crippen LogP contribution >= 0.6 is 23.8 Å². The third-order valence-corrected chi connectivity index (χ3v) is 7.16. The smallest absolute Gasteiger partial charge is 0.417 e. The molecule has 2 aromatic heterocycles. The standard InChI is InChI=1S/C31H18ClF3N4O3S/c32-25-15-19(31(33,34)35)16-36-27(25)38-17-18(23-8-4-5-9-26(23)38)14-24-28(40)37-30(43)39(29(24)41)20-10-12-22(13-11-20)42-21-6-2-1-3-7-21/h1-17H,(H,37,40,43). The van der Waals surface area contributed by atoms with E-state index in [9.17, 15) is 22.8 Å². The molecule has 0 spiro atoms. The van der Waals surface area contributed by atoms with E-state index in [2.05, 4.69) is 10.3 Å². The molecule has 5 aromatic rings. The number of carbonyl (C=O) groups excluding carboxylic acids is 2. The number of nitrogens with zero attached hydrogens (tertiary/aromatic N) is 3. The Morgan fingerprint density at radius 2 is 1.60 bits per heavy atom. The second-order valence-electron chi connectivity index (χ2n) is 9.37. The summed E-state index contributed by atoms with van der Waals surface area (Å²) in [6, 6.07) is 23.5. The zero-order chi connectivity index (χ0) is 30.3. The second kappa shape index (κ2) is 11.0. The van der Waals surface area contributed by atoms with Crippen LogP contribution in [0.4, 0.5) is 18.9 Å². The Kier molecular flexibility index (Phi) is 7.20. The summed E-state index contributed by atoms with van der Waals surface area (Å²) in [6.07, 6.45) is -0.968. The fourth-order valence-corrected chi connectivity index (χ4v) is 5.13. The normalized spacial score (nSPS) is 14.8. The quantitative estimate of drug-likeness (QED) is 0.127. The van der Waals surface area contributed by atoms with Crippen molar-refractivity contribution in [1.82, 2.24) is 14.9 Å². The van der Waals surface area contributed by atoms with Gasteiger partial charge in [-0.3, -0.25) is 24.4 Å². The number of benzene rings is 3. The Bertz CT molecular complexity index is 1940. The third kappa shape index (κ3) is 5.47. The van der Waals surface area contributed by atoms with Crippen LogP contribution in [0.2, 0.25) is 5.02 Å². The largest absolute Gasteiger partial charge is 0.457 e. The molecule has 1 N–H and O–H groups in total. The van der Waals surface area contributed by atoms with Crippen molar-refractivity contribution in [3.8, 4) is 17.3 Å². The summed E-state index contributed by atoms with van der Waals surface area (Å²) < 4.78 is 46.9. The van der Waals surface area contributed by atoms with Gasteiger partial charge >= 0.3 is 6.18 Å². The molecule has 43 heavy (non-hydrogen) atoms. The number of aromatic nitrogens is 2. The van der Waals surface area contributed by atoms with E-state index in [1.165, 1.54) is 15.5 Å². The number of nitrogens with one attached hydrogen (secondary N) is 1. The van der Waals surface area contributed by atoms with Crippen molar-refractivity contribution in [3.05, 3.63) is 119 Å². The van der Waals surface area contributed by atoms with Crippen molar-refractivity contribution in [2.75, 3.05) is 4.90 Å². The van der Waals surface area contributed by atoms with Crippen LogP contribution in [0.25, 0.3) is 22.8 Å². The molecule has 0 unspecified atom stereocenters. The van der Waals surface area contributed by atoms with Crippen LogP contribution in [0, 0.1) is 0 Å². The van der Waals surface area contributed by atoms with Crippen molar-refractivity contribution in [2.24, 2.45) is 0 Å². The fraction of sp³-hybridized carbons (Fsp3) is 0.0323. The Hall–Kier alpha value is -5.00. The Labute approximate surface area is 252 Å². The highest BCUT2D eigenvalue weighted by molar-refractivity contribution is 7.80. The Balaban J connectivity index is 1.36. The van der Waals surface area contributed by atoms with Crippen LogP contribution in [0.15, 0.2) is 103 Å². The summed E-state index contributed by atoms with van der Waals surface area (Å²) in [5.41, 5.74) is 0.206. The molecular weight excluding hydrogens is 601 g/mol. The molecule has 0 atom stereocenters. The molecule has 0 radical (unpaired) electrons. The van der Waals surface area contributed by atoms with E-state index >= 15 is 0 Å². The van der Waals surface area contributed by atoms with Gasteiger partial charge < -0.3 is 4.74 Å². The minimum Gasteiger partial charge on any atom is -0.457 e. The first-order chi connectivity index (χ1) is 20.6. The molecule has 1 fully saturated rings. The van der Waals surface area contributed by atoms with E-state index in [1.54, 1.807) is 54.7 Å². The van der Waals surface area contributed by atoms with Gasteiger partial charge in [0, 0.05) is 23.3 Å². The highest BCUT2D eigenvalue weighted by Crippen LogP contribution is 2.34. The van der Waals surface area contributed by atoms with E-state index in [0.717, 1.165) is 6.07 Å². The summed E-state index contributed by atoms with van der Waals surface area (Å²) in [5, 5.41) is 2.84. The second-order valence-corrected chi connectivity index (χ2v) is 10.2. The number of hydrogen-bond donors (Lipinski definition) is 1. The highest BCUT2D eigenvalue weighted by atomic mass is 35.5. The fourth-order valence-electron chi connectivity index (χ4n) is 4.59. The molecule has 0 bridgehead atoms. The van der Waals surface area contributed by atoms with Crippen molar-refractivity contribution in [2.45, 2.75) is 6.18 Å². The van der Waals surface area contributed by atoms with Gasteiger partial charge in [-0.1, -0.05) is 48.0 Å². The maximum absolute atomic E-state index is 13.7. The number of rotatable bonds is 5. The van der Waals surface area contributed by atoms with Crippen molar-refractivity contribution in [3.63, 3.8) is 0 Å². The van der Waals surface area contributed by atoms with Crippen LogP contribution in [0.3, 0.4) is 0 Å². The van der Waals surface area contributed by atoms with Crippen molar-refractivity contribution in [1.29, 1.82) is 0 Å². The van der Waals surface area contributed by atoms with E-state index in [4.69, 9.17) is 28.6 Å². The van der Waals surface area contributed by atoms with E-state index in [1.807, 2.05) is 30.3 Å². The number of fused-ring (bicyclic) bond motifs is 1. The van der Waals surface area contributed by atoms with Gasteiger partial charge in [0.15, 0.2) is 10.9 Å². The number of thiocarbonyl (C=S) groups is 1. The predicted molar refractivity (Wildman–Crippen MR) is 160 cm³/mol. The molecule has 1 aliphatic rings.